The molecular weight excluding hydrogens is 512 g/mol. The predicted octanol–water partition coefficient (Wildman–Crippen LogP) is 3.97. The van der Waals surface area contributed by atoms with Crippen LogP contribution in [0.5, 0.6) is 0 Å². The van der Waals surface area contributed by atoms with Crippen LogP contribution < -0.4 is 0 Å². The Bertz CT molecular complexity index is 951. The first-order valence-corrected chi connectivity index (χ1v) is 14.6. The van der Waals surface area contributed by atoms with E-state index in [9.17, 15) is 30.0 Å². The smallest absolute Gasteiger partial charge is 0.333 e. The van der Waals surface area contributed by atoms with E-state index in [0.29, 0.717) is 24.3 Å². The highest BCUT2D eigenvalue weighted by atomic mass is 16.6. The molecule has 0 radical (unpaired) electrons. The van der Waals surface area contributed by atoms with E-state index in [0.717, 1.165) is 30.4 Å². The van der Waals surface area contributed by atoms with Gasteiger partial charge in [-0.05, 0) is 70.1 Å². The summed E-state index contributed by atoms with van der Waals surface area (Å²) in [7, 11) is 0. The highest BCUT2D eigenvalue weighted by Gasteiger charge is 2.37. The van der Waals surface area contributed by atoms with E-state index < -0.39 is 48.7 Å². The number of fused-ring (bicyclic) bond motifs is 1. The van der Waals surface area contributed by atoms with Crippen molar-refractivity contribution in [2.45, 2.75) is 116 Å². The number of Topliss-reactive ketones (excluding diaryl/α,β-unsaturated/α-hetero) is 1. The second kappa shape index (κ2) is 16.4. The maximum absolute atomic E-state index is 12.6. The van der Waals surface area contributed by atoms with Gasteiger partial charge in [-0.3, -0.25) is 4.79 Å². The van der Waals surface area contributed by atoms with Crippen LogP contribution in [-0.2, 0) is 19.1 Å². The van der Waals surface area contributed by atoms with Crippen LogP contribution in [0, 0.1) is 17.8 Å². The molecule has 0 aliphatic carbocycles. The summed E-state index contributed by atoms with van der Waals surface area (Å²) >= 11 is 0. The molecule has 0 unspecified atom stereocenters. The van der Waals surface area contributed by atoms with Gasteiger partial charge in [0, 0.05) is 12.0 Å². The number of ether oxygens (including phenoxy) is 2. The number of aliphatic hydroxyl groups excluding tert-OH is 4. The highest BCUT2D eigenvalue weighted by molar-refractivity contribution is 5.87. The standard InChI is InChI=1S/C32H50O8/c1-19-12-20(2)14-29-28(40-29)11-9-7-8-10-21(3)32(38)39-26(18-33)16-24(6)30(36)31(37)27(35)17-25(34)15-23(5)22(4)13-19/h9-11,13,20,23-26,28-31,33-34,36-37H,1,7-8,12,14-18H2,2-6H3/b11-9+,21-10+,22-13+/t20-,23+,24-,25+,26-,28+,29+,30-,31+/m1/s1. The van der Waals surface area contributed by atoms with Gasteiger partial charge in [0.25, 0.3) is 0 Å². The summed E-state index contributed by atoms with van der Waals surface area (Å²) in [5.74, 6) is -1.49. The molecule has 9 atom stereocenters. The van der Waals surface area contributed by atoms with Gasteiger partial charge in [0.15, 0.2) is 5.78 Å². The van der Waals surface area contributed by atoms with Crippen LogP contribution in [0.2, 0.25) is 0 Å². The van der Waals surface area contributed by atoms with Gasteiger partial charge in [0.05, 0.1) is 24.9 Å². The normalized spacial score (nSPS) is 40.1. The SMILES string of the molecule is C=C1/C=C(\C)[C@@H](C)C[C@H](O)CC(=O)[C@H](O)[C@H](O)[C@H](C)C[C@H](CO)OC(=O)/C(C)=C/CC/C=C/[C@@H]2O[C@H]2C[C@H](C)C1. The van der Waals surface area contributed by atoms with Crippen molar-refractivity contribution in [2.24, 2.45) is 17.8 Å². The van der Waals surface area contributed by atoms with Crippen LogP contribution in [0.4, 0.5) is 0 Å². The third-order valence-electron chi connectivity index (χ3n) is 7.92. The van der Waals surface area contributed by atoms with E-state index >= 15 is 0 Å². The zero-order valence-corrected chi connectivity index (χ0v) is 24.8. The molecule has 0 saturated carbocycles. The van der Waals surface area contributed by atoms with Gasteiger partial charge >= 0.3 is 5.97 Å². The van der Waals surface area contributed by atoms with Crippen molar-refractivity contribution in [3.8, 4) is 0 Å². The molecule has 226 valence electrons. The first-order chi connectivity index (χ1) is 18.8. The molecule has 8 nitrogen and oxygen atoms in total. The lowest BCUT2D eigenvalue weighted by Crippen LogP contribution is -2.41. The molecular formula is C32H50O8. The Morgan fingerprint density at radius 1 is 1.00 bits per heavy atom. The number of aliphatic hydroxyl groups is 4. The molecule has 0 aromatic carbocycles. The van der Waals surface area contributed by atoms with Crippen LogP contribution in [0.1, 0.15) is 79.6 Å². The van der Waals surface area contributed by atoms with Crippen molar-refractivity contribution in [3.63, 3.8) is 0 Å². The van der Waals surface area contributed by atoms with Gasteiger partial charge in [-0.2, -0.15) is 0 Å². The fourth-order valence-electron chi connectivity index (χ4n) is 5.17. The van der Waals surface area contributed by atoms with Crippen molar-refractivity contribution in [3.05, 3.63) is 47.6 Å². The van der Waals surface area contributed by atoms with E-state index in [1.54, 1.807) is 19.9 Å². The molecule has 0 aromatic heterocycles. The zero-order valence-electron chi connectivity index (χ0n) is 24.8. The number of esters is 1. The van der Waals surface area contributed by atoms with E-state index in [1.165, 1.54) is 0 Å². The van der Waals surface area contributed by atoms with E-state index in [-0.39, 0.29) is 31.0 Å². The molecule has 1 fully saturated rings. The molecule has 1 saturated heterocycles. The topological polar surface area (TPSA) is 137 Å². The number of cyclic esters (lactones) is 1. The fraction of sp³-hybridized carbons (Fsp3) is 0.688. The minimum absolute atomic E-state index is 0.00630. The van der Waals surface area contributed by atoms with Crippen molar-refractivity contribution in [2.75, 3.05) is 6.61 Å². The van der Waals surface area contributed by atoms with Gasteiger partial charge in [-0.15, -0.1) is 0 Å². The number of epoxide rings is 1. The number of carbonyl (C=O) groups is 2. The number of hydrogen-bond donors (Lipinski definition) is 4. The van der Waals surface area contributed by atoms with Crippen LogP contribution >= 0.6 is 0 Å². The highest BCUT2D eigenvalue weighted by Crippen LogP contribution is 2.32. The fourth-order valence-corrected chi connectivity index (χ4v) is 5.17. The van der Waals surface area contributed by atoms with Crippen LogP contribution in [0.3, 0.4) is 0 Å². The number of allylic oxidation sites excluding steroid dienone is 5. The van der Waals surface area contributed by atoms with Crippen LogP contribution in [0.15, 0.2) is 47.6 Å². The molecule has 40 heavy (non-hydrogen) atoms. The Morgan fingerprint density at radius 3 is 2.38 bits per heavy atom. The number of rotatable bonds is 1. The summed E-state index contributed by atoms with van der Waals surface area (Å²) < 4.78 is 11.2. The zero-order chi connectivity index (χ0) is 30.0. The lowest BCUT2D eigenvalue weighted by atomic mass is 9.88. The monoisotopic (exact) mass is 562 g/mol. The first-order valence-electron chi connectivity index (χ1n) is 14.6. The number of hydrogen-bond acceptors (Lipinski definition) is 8. The minimum Gasteiger partial charge on any atom is -0.457 e. The Morgan fingerprint density at radius 2 is 1.70 bits per heavy atom. The van der Waals surface area contributed by atoms with Gasteiger partial charge < -0.3 is 29.9 Å². The van der Waals surface area contributed by atoms with Crippen molar-refractivity contribution in [1.82, 2.24) is 0 Å². The third-order valence-corrected chi connectivity index (χ3v) is 7.92. The molecule has 2 aliphatic heterocycles. The largest absolute Gasteiger partial charge is 0.457 e. The molecule has 2 heterocycles. The summed E-state index contributed by atoms with van der Waals surface area (Å²) in [4.78, 5) is 25.1. The minimum atomic E-state index is -1.70. The van der Waals surface area contributed by atoms with Crippen molar-refractivity contribution >= 4 is 11.8 Å². The molecule has 4 N–H and O–H groups in total. The second-order valence-electron chi connectivity index (χ2n) is 11.9. The summed E-state index contributed by atoms with van der Waals surface area (Å²) in [5, 5.41) is 41.3. The Balaban J connectivity index is 2.13. The van der Waals surface area contributed by atoms with Gasteiger partial charge in [-0.1, -0.05) is 62.8 Å². The number of carbonyl (C=O) groups excluding carboxylic acids is 2. The van der Waals surface area contributed by atoms with Crippen LogP contribution in [0.25, 0.3) is 0 Å². The molecule has 2 aliphatic rings. The van der Waals surface area contributed by atoms with Crippen molar-refractivity contribution in [1.29, 1.82) is 0 Å². The lowest BCUT2D eigenvalue weighted by molar-refractivity contribution is -0.149. The van der Waals surface area contributed by atoms with Gasteiger partial charge in [0.1, 0.15) is 18.3 Å². The summed E-state index contributed by atoms with van der Waals surface area (Å²) in [6.45, 7) is 13.1. The Hall–Kier alpha value is -2.10. The van der Waals surface area contributed by atoms with Crippen LogP contribution in [-0.4, -0.2) is 75.4 Å². The Kier molecular flexibility index (Phi) is 14.0. The van der Waals surface area contributed by atoms with E-state index in [2.05, 4.69) is 25.7 Å². The van der Waals surface area contributed by atoms with E-state index in [1.807, 2.05) is 19.9 Å². The molecule has 0 amide bonds. The quantitative estimate of drug-likeness (QED) is 0.214. The molecule has 0 spiro atoms. The van der Waals surface area contributed by atoms with E-state index in [4.69, 9.17) is 9.47 Å². The maximum atomic E-state index is 12.6. The molecule has 8 heteroatoms. The third kappa shape index (κ3) is 11.4. The molecule has 2 rings (SSSR count). The summed E-state index contributed by atoms with van der Waals surface area (Å²) in [6, 6.07) is 0. The lowest BCUT2D eigenvalue weighted by Gasteiger charge is -2.27. The molecule has 0 aromatic rings. The molecule has 0 bridgehead atoms. The maximum Gasteiger partial charge on any atom is 0.333 e. The average molecular weight is 563 g/mol. The van der Waals surface area contributed by atoms with Crippen molar-refractivity contribution < 1.29 is 39.5 Å². The van der Waals surface area contributed by atoms with Gasteiger partial charge in [0.2, 0.25) is 0 Å². The predicted molar refractivity (Wildman–Crippen MR) is 154 cm³/mol. The Labute approximate surface area is 239 Å². The summed E-state index contributed by atoms with van der Waals surface area (Å²) in [5.41, 5.74) is 2.47. The summed E-state index contributed by atoms with van der Waals surface area (Å²) in [6.07, 6.45) is 6.52. The van der Waals surface area contributed by atoms with Gasteiger partial charge in [-0.25, -0.2) is 4.79 Å². The second-order valence-corrected chi connectivity index (χ2v) is 11.9. The number of ketones is 1. The first kappa shape index (κ1) is 34.1. The average Bonchev–Trinajstić information content (AvgIpc) is 3.62.